The van der Waals surface area contributed by atoms with Crippen LogP contribution < -0.4 is 16.0 Å². The molecule has 0 aliphatic heterocycles. The first-order valence-corrected chi connectivity index (χ1v) is 11.1. The molecule has 0 aromatic rings. The van der Waals surface area contributed by atoms with Crippen LogP contribution >= 0.6 is 0 Å². The molecule has 0 unspecified atom stereocenters. The minimum Gasteiger partial charge on any atom is -0.460 e. The lowest BCUT2D eigenvalue weighted by atomic mass is 9.89. The Hall–Kier alpha value is -3.37. The number of hydrogen-bond donors (Lipinski definition) is 3. The Bertz CT molecular complexity index is 731. The zero-order valence-electron chi connectivity index (χ0n) is 20.9. The summed E-state index contributed by atoms with van der Waals surface area (Å²) < 4.78 is 9.81. The van der Waals surface area contributed by atoms with Gasteiger partial charge in [0.25, 0.3) is 0 Å². The van der Waals surface area contributed by atoms with E-state index in [9.17, 15) is 24.0 Å². The minimum atomic E-state index is -0.706. The molecule has 0 rings (SSSR count). The summed E-state index contributed by atoms with van der Waals surface area (Å²) in [6.07, 6.45) is 0.989. The van der Waals surface area contributed by atoms with Gasteiger partial charge >= 0.3 is 24.0 Å². The first-order chi connectivity index (χ1) is 15.8. The number of amides is 5. The number of nitrogens with zero attached hydrogens (tertiary/aromatic N) is 1. The summed E-state index contributed by atoms with van der Waals surface area (Å²) in [7, 11) is 0. The Morgan fingerprint density at radius 1 is 0.794 bits per heavy atom. The van der Waals surface area contributed by atoms with Gasteiger partial charge in [0.05, 0.1) is 13.1 Å². The molecule has 0 radical (unpaired) electrons. The van der Waals surface area contributed by atoms with Crippen LogP contribution in [-0.4, -0.2) is 74.2 Å². The fourth-order valence-corrected chi connectivity index (χ4v) is 2.17. The fourth-order valence-electron chi connectivity index (χ4n) is 2.17. The number of carbonyl (C=O) groups excluding carboxylic acids is 5. The van der Waals surface area contributed by atoms with Crippen molar-refractivity contribution < 1.29 is 33.4 Å². The van der Waals surface area contributed by atoms with E-state index < -0.39 is 29.4 Å². The Balaban J connectivity index is 4.81. The van der Waals surface area contributed by atoms with E-state index in [2.05, 4.69) is 29.1 Å². The lowest BCUT2D eigenvalue weighted by Crippen LogP contribution is -2.50. The van der Waals surface area contributed by atoms with Gasteiger partial charge in [-0.05, 0) is 26.7 Å². The van der Waals surface area contributed by atoms with Crippen molar-refractivity contribution in [1.82, 2.24) is 20.9 Å². The fraction of sp³-hybridized carbons (Fsp3) is 0.609. The molecule has 192 valence electrons. The first-order valence-electron chi connectivity index (χ1n) is 11.1. The third kappa shape index (κ3) is 12.0. The quantitative estimate of drug-likeness (QED) is 0.195. The van der Waals surface area contributed by atoms with Crippen molar-refractivity contribution >= 4 is 29.9 Å². The Morgan fingerprint density at radius 2 is 1.24 bits per heavy atom. The second-order valence-corrected chi connectivity index (χ2v) is 8.29. The molecule has 0 spiro atoms. The molecule has 11 nitrogen and oxygen atoms in total. The molecule has 3 N–H and O–H groups in total. The summed E-state index contributed by atoms with van der Waals surface area (Å²) in [5.41, 5.74) is -0.0578. The molecule has 0 aliphatic carbocycles. The number of imide groups is 1. The van der Waals surface area contributed by atoms with Crippen molar-refractivity contribution in [1.29, 1.82) is 0 Å². The predicted octanol–water partition coefficient (Wildman–Crippen LogP) is 1.89. The van der Waals surface area contributed by atoms with E-state index in [-0.39, 0.29) is 56.4 Å². The monoisotopic (exact) mass is 482 g/mol. The maximum atomic E-state index is 12.5. The van der Waals surface area contributed by atoms with Crippen LogP contribution in [0.15, 0.2) is 24.3 Å². The van der Waals surface area contributed by atoms with Crippen molar-refractivity contribution in [2.45, 2.75) is 47.5 Å². The highest BCUT2D eigenvalue weighted by molar-refractivity contribution is 5.93. The molecular formula is C23H38N4O7. The van der Waals surface area contributed by atoms with E-state index >= 15 is 0 Å². The highest BCUT2D eigenvalue weighted by atomic mass is 16.5. The maximum Gasteiger partial charge on any atom is 0.333 e. The van der Waals surface area contributed by atoms with Crippen LogP contribution in [0.25, 0.3) is 0 Å². The van der Waals surface area contributed by atoms with Gasteiger partial charge in [0.1, 0.15) is 13.2 Å². The molecule has 0 saturated heterocycles. The molecule has 0 aliphatic rings. The van der Waals surface area contributed by atoms with Gasteiger partial charge in [-0.3, -0.25) is 4.79 Å². The Labute approximate surface area is 201 Å². The lowest BCUT2D eigenvalue weighted by Gasteiger charge is -2.23. The number of ether oxygens (including phenoxy) is 2. The molecule has 34 heavy (non-hydrogen) atoms. The van der Waals surface area contributed by atoms with E-state index in [1.807, 2.05) is 20.8 Å². The number of hydrogen-bond acceptors (Lipinski definition) is 7. The van der Waals surface area contributed by atoms with Crippen molar-refractivity contribution in [3.8, 4) is 0 Å². The van der Waals surface area contributed by atoms with Gasteiger partial charge in [-0.1, -0.05) is 33.9 Å². The summed E-state index contributed by atoms with van der Waals surface area (Å²) in [6, 6.07) is -1.41. The van der Waals surface area contributed by atoms with Gasteiger partial charge < -0.3 is 25.4 Å². The number of rotatable bonds is 14. The van der Waals surface area contributed by atoms with Gasteiger partial charge in [-0.25, -0.2) is 24.1 Å². The van der Waals surface area contributed by atoms with Gasteiger partial charge in [-0.15, -0.1) is 0 Å². The summed E-state index contributed by atoms with van der Waals surface area (Å²) >= 11 is 0. The van der Waals surface area contributed by atoms with Gasteiger partial charge in [0.2, 0.25) is 5.91 Å². The van der Waals surface area contributed by atoms with Gasteiger partial charge in [-0.2, -0.15) is 0 Å². The number of esters is 2. The van der Waals surface area contributed by atoms with Crippen molar-refractivity contribution in [3.05, 3.63) is 24.3 Å². The topological polar surface area (TPSA) is 143 Å². The minimum absolute atomic E-state index is 0.0146. The third-order valence-corrected chi connectivity index (χ3v) is 4.75. The summed E-state index contributed by atoms with van der Waals surface area (Å²) in [5, 5.41) is 7.80. The summed E-state index contributed by atoms with van der Waals surface area (Å²) in [5.74, 6) is -1.29. The third-order valence-electron chi connectivity index (χ3n) is 4.75. The second kappa shape index (κ2) is 15.5. The normalized spacial score (nSPS) is 10.5. The van der Waals surface area contributed by atoms with E-state index in [1.54, 1.807) is 0 Å². The van der Waals surface area contributed by atoms with Crippen molar-refractivity contribution in [2.24, 2.45) is 5.41 Å². The zero-order chi connectivity index (χ0) is 26.3. The van der Waals surface area contributed by atoms with Crippen LogP contribution in [0.5, 0.6) is 0 Å². The van der Waals surface area contributed by atoms with Crippen LogP contribution in [-0.2, 0) is 23.9 Å². The van der Waals surface area contributed by atoms with Crippen LogP contribution in [0.1, 0.15) is 47.5 Å². The number of urea groups is 2. The van der Waals surface area contributed by atoms with Gasteiger partial charge in [0.15, 0.2) is 0 Å². The average Bonchev–Trinajstić information content (AvgIpc) is 2.78. The molecule has 0 atom stereocenters. The highest BCUT2D eigenvalue weighted by Crippen LogP contribution is 2.19. The zero-order valence-corrected chi connectivity index (χ0v) is 20.9. The molecule has 0 bridgehead atoms. The van der Waals surface area contributed by atoms with Crippen LogP contribution in [0.2, 0.25) is 0 Å². The highest BCUT2D eigenvalue weighted by Gasteiger charge is 2.25. The Morgan fingerprint density at radius 3 is 1.62 bits per heavy atom. The summed E-state index contributed by atoms with van der Waals surface area (Å²) in [4.78, 5) is 61.0. The molecule has 0 fully saturated rings. The van der Waals surface area contributed by atoms with E-state index in [1.165, 1.54) is 13.8 Å². The van der Waals surface area contributed by atoms with E-state index in [0.29, 0.717) is 12.8 Å². The van der Waals surface area contributed by atoms with Gasteiger partial charge in [0, 0.05) is 29.7 Å². The lowest BCUT2D eigenvalue weighted by molar-refractivity contribution is -0.139. The molecule has 0 aromatic carbocycles. The smallest absolute Gasteiger partial charge is 0.333 e. The summed E-state index contributed by atoms with van der Waals surface area (Å²) in [6.45, 7) is 15.6. The number of nitrogens with one attached hydrogen (secondary N) is 3. The predicted molar refractivity (Wildman–Crippen MR) is 127 cm³/mol. The van der Waals surface area contributed by atoms with Crippen molar-refractivity contribution in [2.75, 3.05) is 39.4 Å². The second-order valence-electron chi connectivity index (χ2n) is 8.29. The largest absolute Gasteiger partial charge is 0.460 e. The molecule has 5 amide bonds. The molecule has 0 heterocycles. The van der Waals surface area contributed by atoms with Crippen molar-refractivity contribution in [3.63, 3.8) is 0 Å². The first kappa shape index (κ1) is 30.6. The van der Waals surface area contributed by atoms with Crippen LogP contribution in [0, 0.1) is 5.41 Å². The Kier molecular flexibility index (Phi) is 13.9. The molecule has 0 saturated carbocycles. The SMILES string of the molecule is C=C(C)C(=O)OCCNC(=O)N(CCCNC(=O)C(C)(C)CC)C(=O)NCCOC(=O)C(=C)C. The molecule has 0 aromatic heterocycles. The average molecular weight is 483 g/mol. The molecular weight excluding hydrogens is 444 g/mol. The maximum absolute atomic E-state index is 12.5. The standard InChI is InChI=1S/C23H38N4O7/c1-8-23(6,7)20(30)24-10-9-13-27(21(31)25-11-14-33-18(28)16(2)3)22(32)26-12-15-34-19(29)17(4)5/h2,4,8-15H2,1,3,5-7H3,(H,24,30)(H,25,31)(H,26,32). The van der Waals surface area contributed by atoms with E-state index in [0.717, 1.165) is 4.90 Å². The van der Waals surface area contributed by atoms with E-state index in [4.69, 9.17) is 9.47 Å². The van der Waals surface area contributed by atoms with Crippen LogP contribution in [0.4, 0.5) is 9.59 Å². The van der Waals surface area contributed by atoms with Crippen LogP contribution in [0.3, 0.4) is 0 Å². The number of carbonyl (C=O) groups is 5. The molecule has 11 heteroatoms.